The molecule has 6 nitrogen and oxygen atoms in total. The predicted molar refractivity (Wildman–Crippen MR) is 74.0 cm³/mol. The second-order valence-corrected chi connectivity index (χ2v) is 4.05. The maximum atomic E-state index is 11.7. The molecule has 0 aliphatic carbocycles. The molecule has 0 atom stereocenters. The van der Waals surface area contributed by atoms with E-state index in [1.807, 2.05) is 30.3 Å². The summed E-state index contributed by atoms with van der Waals surface area (Å²) in [7, 11) is 0. The Morgan fingerprint density at radius 2 is 2.05 bits per heavy atom. The van der Waals surface area contributed by atoms with E-state index in [1.165, 1.54) is 23.2 Å². The van der Waals surface area contributed by atoms with Crippen LogP contribution in [0.5, 0.6) is 0 Å². The first-order chi connectivity index (χ1) is 9.63. The van der Waals surface area contributed by atoms with Gasteiger partial charge in [0, 0.05) is 12.3 Å². The Morgan fingerprint density at radius 3 is 2.75 bits per heavy atom. The molecule has 102 valence electrons. The van der Waals surface area contributed by atoms with Crippen LogP contribution in [0.1, 0.15) is 5.56 Å². The number of anilines is 1. The quantitative estimate of drug-likeness (QED) is 0.809. The summed E-state index contributed by atoms with van der Waals surface area (Å²) in [5.74, 6) is -1.29. The van der Waals surface area contributed by atoms with Crippen LogP contribution in [0.4, 0.5) is 5.69 Å². The fourth-order valence-corrected chi connectivity index (χ4v) is 1.57. The summed E-state index contributed by atoms with van der Waals surface area (Å²) in [6.07, 6.45) is 5.96. The van der Waals surface area contributed by atoms with E-state index < -0.39 is 5.97 Å². The van der Waals surface area contributed by atoms with Crippen molar-refractivity contribution in [3.63, 3.8) is 0 Å². The first-order valence-corrected chi connectivity index (χ1v) is 5.92. The SMILES string of the molecule is O=C(O)Cn1cc(NC(=O)/C=C/c2ccccc2)cn1. The number of aromatic nitrogens is 2. The molecule has 0 bridgehead atoms. The van der Waals surface area contributed by atoms with E-state index in [1.54, 1.807) is 6.08 Å². The molecule has 1 aromatic carbocycles. The summed E-state index contributed by atoms with van der Waals surface area (Å²) < 4.78 is 1.23. The Balaban J connectivity index is 1.93. The second-order valence-electron chi connectivity index (χ2n) is 4.05. The minimum absolute atomic E-state index is 0.240. The molecule has 2 aromatic rings. The summed E-state index contributed by atoms with van der Waals surface area (Å²) in [5.41, 5.74) is 1.37. The molecular weight excluding hydrogens is 258 g/mol. The summed E-state index contributed by atoms with van der Waals surface area (Å²) in [6, 6.07) is 9.43. The maximum Gasteiger partial charge on any atom is 0.325 e. The Kier molecular flexibility index (Phi) is 4.28. The highest BCUT2D eigenvalue weighted by Gasteiger charge is 2.04. The summed E-state index contributed by atoms with van der Waals surface area (Å²) >= 11 is 0. The van der Waals surface area contributed by atoms with E-state index in [9.17, 15) is 9.59 Å². The third-order valence-corrected chi connectivity index (χ3v) is 2.42. The number of aliphatic carboxylic acids is 1. The van der Waals surface area contributed by atoms with Crippen LogP contribution in [0.15, 0.2) is 48.8 Å². The molecule has 1 aromatic heterocycles. The minimum Gasteiger partial charge on any atom is -0.480 e. The van der Waals surface area contributed by atoms with Gasteiger partial charge in [-0.15, -0.1) is 0 Å². The zero-order valence-corrected chi connectivity index (χ0v) is 10.6. The van der Waals surface area contributed by atoms with Crippen molar-refractivity contribution in [1.29, 1.82) is 0 Å². The molecule has 0 saturated carbocycles. The summed E-state index contributed by atoms with van der Waals surface area (Å²) in [6.45, 7) is -0.240. The van der Waals surface area contributed by atoms with Gasteiger partial charge in [0.1, 0.15) is 6.54 Å². The maximum absolute atomic E-state index is 11.7. The number of carbonyl (C=O) groups excluding carboxylic acids is 1. The van der Waals surface area contributed by atoms with Crippen molar-refractivity contribution in [1.82, 2.24) is 9.78 Å². The topological polar surface area (TPSA) is 84.2 Å². The molecule has 1 amide bonds. The lowest BCUT2D eigenvalue weighted by atomic mass is 10.2. The lowest BCUT2D eigenvalue weighted by molar-refractivity contribution is -0.137. The van der Waals surface area contributed by atoms with Crippen LogP contribution in [0.2, 0.25) is 0 Å². The number of hydrogen-bond donors (Lipinski definition) is 2. The van der Waals surface area contributed by atoms with Crippen molar-refractivity contribution in [2.75, 3.05) is 5.32 Å². The van der Waals surface area contributed by atoms with E-state index >= 15 is 0 Å². The largest absolute Gasteiger partial charge is 0.480 e. The third kappa shape index (κ3) is 4.09. The molecule has 0 spiro atoms. The zero-order chi connectivity index (χ0) is 14.4. The van der Waals surface area contributed by atoms with Crippen LogP contribution in [0, 0.1) is 0 Å². The van der Waals surface area contributed by atoms with Crippen molar-refractivity contribution in [3.8, 4) is 0 Å². The van der Waals surface area contributed by atoms with Crippen molar-refractivity contribution in [3.05, 3.63) is 54.4 Å². The van der Waals surface area contributed by atoms with E-state index in [0.717, 1.165) is 5.56 Å². The molecule has 2 N–H and O–H groups in total. The molecule has 0 saturated heterocycles. The van der Waals surface area contributed by atoms with Crippen molar-refractivity contribution in [2.24, 2.45) is 0 Å². The highest BCUT2D eigenvalue weighted by atomic mass is 16.4. The van der Waals surface area contributed by atoms with Gasteiger partial charge in [-0.3, -0.25) is 14.3 Å². The normalized spacial score (nSPS) is 10.6. The summed E-state index contributed by atoms with van der Waals surface area (Å²) in [4.78, 5) is 22.2. The smallest absolute Gasteiger partial charge is 0.325 e. The molecule has 0 radical (unpaired) electrons. The first-order valence-electron chi connectivity index (χ1n) is 5.92. The Bertz CT molecular complexity index is 632. The molecule has 0 fully saturated rings. The fraction of sp³-hybridized carbons (Fsp3) is 0.0714. The second kappa shape index (κ2) is 6.33. The van der Waals surface area contributed by atoms with E-state index in [0.29, 0.717) is 5.69 Å². The minimum atomic E-state index is -0.991. The monoisotopic (exact) mass is 271 g/mol. The average molecular weight is 271 g/mol. The van der Waals surface area contributed by atoms with Gasteiger partial charge >= 0.3 is 5.97 Å². The average Bonchev–Trinajstić information content (AvgIpc) is 2.84. The molecule has 1 heterocycles. The van der Waals surface area contributed by atoms with Crippen molar-refractivity contribution in [2.45, 2.75) is 6.54 Å². The van der Waals surface area contributed by atoms with Gasteiger partial charge in [0.05, 0.1) is 11.9 Å². The first kappa shape index (κ1) is 13.5. The zero-order valence-electron chi connectivity index (χ0n) is 10.6. The van der Waals surface area contributed by atoms with Gasteiger partial charge in [0.15, 0.2) is 0 Å². The van der Waals surface area contributed by atoms with Gasteiger partial charge in [-0.05, 0) is 11.6 Å². The Hall–Kier alpha value is -2.89. The van der Waals surface area contributed by atoms with E-state index in [4.69, 9.17) is 5.11 Å². The lowest BCUT2D eigenvalue weighted by Gasteiger charge is -1.97. The van der Waals surface area contributed by atoms with Gasteiger partial charge in [-0.2, -0.15) is 5.10 Å². The highest BCUT2D eigenvalue weighted by molar-refractivity contribution is 6.01. The molecule has 0 aliphatic rings. The van der Waals surface area contributed by atoms with Gasteiger partial charge < -0.3 is 10.4 Å². The fourth-order valence-electron chi connectivity index (χ4n) is 1.57. The van der Waals surface area contributed by atoms with Gasteiger partial charge in [-0.1, -0.05) is 30.3 Å². The number of amides is 1. The van der Waals surface area contributed by atoms with Crippen LogP contribution in [-0.4, -0.2) is 26.8 Å². The third-order valence-electron chi connectivity index (χ3n) is 2.42. The Labute approximate surface area is 115 Å². The number of hydrogen-bond acceptors (Lipinski definition) is 3. The molecule has 2 rings (SSSR count). The summed E-state index contributed by atoms with van der Waals surface area (Å²) in [5, 5.41) is 15.0. The molecule has 6 heteroatoms. The van der Waals surface area contributed by atoms with Crippen molar-refractivity contribution < 1.29 is 14.7 Å². The number of carbonyl (C=O) groups is 2. The van der Waals surface area contributed by atoms with Crippen LogP contribution < -0.4 is 5.32 Å². The van der Waals surface area contributed by atoms with Gasteiger partial charge in [-0.25, -0.2) is 0 Å². The number of rotatable bonds is 5. The number of carboxylic acid groups (broad SMARTS) is 1. The van der Waals surface area contributed by atoms with Gasteiger partial charge in [0.2, 0.25) is 5.91 Å². The molecular formula is C14H13N3O3. The van der Waals surface area contributed by atoms with E-state index in [2.05, 4.69) is 10.4 Å². The van der Waals surface area contributed by atoms with Crippen LogP contribution >= 0.6 is 0 Å². The van der Waals surface area contributed by atoms with Crippen LogP contribution in [0.25, 0.3) is 6.08 Å². The number of nitrogens with one attached hydrogen (secondary N) is 1. The van der Waals surface area contributed by atoms with Crippen molar-refractivity contribution >= 4 is 23.6 Å². The number of carboxylic acids is 1. The van der Waals surface area contributed by atoms with Crippen LogP contribution in [-0.2, 0) is 16.1 Å². The number of nitrogens with zero attached hydrogens (tertiary/aromatic N) is 2. The van der Waals surface area contributed by atoms with E-state index in [-0.39, 0.29) is 12.5 Å². The molecule has 20 heavy (non-hydrogen) atoms. The van der Waals surface area contributed by atoms with Gasteiger partial charge in [0.25, 0.3) is 0 Å². The molecule has 0 aliphatic heterocycles. The van der Waals surface area contributed by atoms with Crippen LogP contribution in [0.3, 0.4) is 0 Å². The lowest BCUT2D eigenvalue weighted by Crippen LogP contribution is -2.09. The number of benzene rings is 1. The standard InChI is InChI=1S/C14H13N3O3/c18-13(7-6-11-4-2-1-3-5-11)16-12-8-15-17(9-12)10-14(19)20/h1-9H,10H2,(H,16,18)(H,19,20)/b7-6+. The highest BCUT2D eigenvalue weighted by Crippen LogP contribution is 2.06. The predicted octanol–water partition coefficient (Wildman–Crippen LogP) is 1.62. The Morgan fingerprint density at radius 1 is 1.30 bits per heavy atom. The molecule has 0 unspecified atom stereocenters.